The minimum absolute atomic E-state index is 0.128. The molecule has 2 aromatic carbocycles. The van der Waals surface area contributed by atoms with Crippen molar-refractivity contribution in [1.82, 2.24) is 4.98 Å². The molecular formula is C26H29BrN2O4. The maximum Gasteiger partial charge on any atom is 0.338 e. The molecule has 2 N–H and O–H groups in total. The number of methoxy groups -OCH3 is 1. The molecule has 6 nitrogen and oxygen atoms in total. The molecular weight excluding hydrogens is 484 g/mol. The highest BCUT2D eigenvalue weighted by atomic mass is 79.9. The molecule has 0 saturated heterocycles. The van der Waals surface area contributed by atoms with E-state index in [0.29, 0.717) is 29.8 Å². The van der Waals surface area contributed by atoms with Gasteiger partial charge in [0, 0.05) is 23.5 Å². The average Bonchev–Trinajstić information content (AvgIpc) is 2.82. The van der Waals surface area contributed by atoms with E-state index in [1.54, 1.807) is 6.07 Å². The van der Waals surface area contributed by atoms with E-state index in [1.165, 1.54) is 7.11 Å². The van der Waals surface area contributed by atoms with E-state index in [2.05, 4.69) is 20.9 Å². The Hall–Kier alpha value is -2.90. The largest absolute Gasteiger partial charge is 0.491 e. The Bertz CT molecular complexity index is 1070. The molecule has 3 aromatic rings. The summed E-state index contributed by atoms with van der Waals surface area (Å²) in [7, 11) is 1.38. The van der Waals surface area contributed by atoms with Crippen molar-refractivity contribution in [3.05, 3.63) is 88.6 Å². The molecule has 0 fully saturated rings. The zero-order chi connectivity index (χ0) is 23.8. The summed E-state index contributed by atoms with van der Waals surface area (Å²) in [6.45, 7) is 4.29. The molecule has 0 aliphatic rings. The van der Waals surface area contributed by atoms with Crippen molar-refractivity contribution in [3.63, 3.8) is 0 Å². The Morgan fingerprint density at radius 3 is 2.52 bits per heavy atom. The van der Waals surface area contributed by atoms with E-state index in [0.717, 1.165) is 28.1 Å². The number of ether oxygens (including phenoxy) is 3. The van der Waals surface area contributed by atoms with Crippen molar-refractivity contribution in [3.8, 4) is 11.6 Å². The van der Waals surface area contributed by atoms with Gasteiger partial charge in [0.25, 0.3) is 0 Å². The van der Waals surface area contributed by atoms with Crippen LogP contribution in [0.15, 0.2) is 60.7 Å². The molecule has 3 rings (SSSR count). The Kier molecular flexibility index (Phi) is 8.86. The third kappa shape index (κ3) is 7.04. The minimum Gasteiger partial charge on any atom is -0.491 e. The SMILES string of the molecule is COC(=O)c1ccc(Cc2cccc(OCC(N)c3ccc(OC(C)C)cc3)n2)cc1CBr. The molecule has 0 spiro atoms. The van der Waals surface area contributed by atoms with Crippen molar-refractivity contribution < 1.29 is 19.0 Å². The van der Waals surface area contributed by atoms with Crippen LogP contribution in [-0.4, -0.2) is 30.8 Å². The molecule has 0 bridgehead atoms. The number of alkyl halides is 1. The molecule has 0 radical (unpaired) electrons. The summed E-state index contributed by atoms with van der Waals surface area (Å²) in [6.07, 6.45) is 0.741. The highest BCUT2D eigenvalue weighted by molar-refractivity contribution is 9.08. The maximum atomic E-state index is 11.9. The van der Waals surface area contributed by atoms with E-state index in [-0.39, 0.29) is 18.1 Å². The second kappa shape index (κ2) is 11.8. The fourth-order valence-corrected chi connectivity index (χ4v) is 3.82. The van der Waals surface area contributed by atoms with Gasteiger partial charge in [-0.15, -0.1) is 0 Å². The van der Waals surface area contributed by atoms with Gasteiger partial charge in [0.2, 0.25) is 5.88 Å². The van der Waals surface area contributed by atoms with Gasteiger partial charge in [-0.25, -0.2) is 9.78 Å². The number of hydrogen-bond donors (Lipinski definition) is 1. The number of hydrogen-bond acceptors (Lipinski definition) is 6. The highest BCUT2D eigenvalue weighted by Gasteiger charge is 2.13. The first-order valence-corrected chi connectivity index (χ1v) is 11.9. The van der Waals surface area contributed by atoms with E-state index >= 15 is 0 Å². The average molecular weight is 513 g/mol. The Morgan fingerprint density at radius 1 is 1.09 bits per heavy atom. The lowest BCUT2D eigenvalue weighted by Crippen LogP contribution is -2.19. The number of carbonyl (C=O) groups is 1. The molecule has 1 unspecified atom stereocenters. The summed E-state index contributed by atoms with van der Waals surface area (Å²) in [5.41, 5.74) is 10.6. The third-order valence-electron chi connectivity index (χ3n) is 4.98. The topological polar surface area (TPSA) is 83.7 Å². The van der Waals surface area contributed by atoms with Crippen LogP contribution in [-0.2, 0) is 16.5 Å². The zero-order valence-electron chi connectivity index (χ0n) is 19.1. The Morgan fingerprint density at radius 2 is 1.85 bits per heavy atom. The fraction of sp³-hybridized carbons (Fsp3) is 0.308. The van der Waals surface area contributed by atoms with Gasteiger partial charge >= 0.3 is 5.97 Å². The normalized spacial score (nSPS) is 11.8. The van der Waals surface area contributed by atoms with Gasteiger partial charge in [-0.2, -0.15) is 0 Å². The van der Waals surface area contributed by atoms with E-state index in [1.807, 2.05) is 68.4 Å². The quantitative estimate of drug-likeness (QED) is 0.296. The van der Waals surface area contributed by atoms with Crippen LogP contribution < -0.4 is 15.2 Å². The van der Waals surface area contributed by atoms with Crippen LogP contribution in [0.3, 0.4) is 0 Å². The van der Waals surface area contributed by atoms with Crippen LogP contribution in [0.4, 0.5) is 0 Å². The predicted octanol–water partition coefficient (Wildman–Crippen LogP) is 5.22. The molecule has 1 atom stereocenters. The maximum absolute atomic E-state index is 11.9. The van der Waals surface area contributed by atoms with Gasteiger partial charge in [0.05, 0.1) is 24.8 Å². The summed E-state index contributed by atoms with van der Waals surface area (Å²) in [5.74, 6) is 0.997. The summed E-state index contributed by atoms with van der Waals surface area (Å²) in [6, 6.07) is 18.8. The highest BCUT2D eigenvalue weighted by Crippen LogP contribution is 2.21. The first-order valence-electron chi connectivity index (χ1n) is 10.8. The molecule has 0 amide bonds. The predicted molar refractivity (Wildman–Crippen MR) is 132 cm³/mol. The summed E-state index contributed by atoms with van der Waals surface area (Å²) < 4.78 is 16.4. The number of esters is 1. The molecule has 0 saturated carbocycles. The lowest BCUT2D eigenvalue weighted by molar-refractivity contribution is 0.0600. The fourth-order valence-electron chi connectivity index (χ4n) is 3.36. The van der Waals surface area contributed by atoms with Crippen molar-refractivity contribution in [2.45, 2.75) is 37.7 Å². The summed E-state index contributed by atoms with van der Waals surface area (Å²) in [5, 5.41) is 0.560. The van der Waals surface area contributed by atoms with Gasteiger partial charge in [0.15, 0.2) is 0 Å². The number of carbonyl (C=O) groups excluding carboxylic acids is 1. The second-order valence-electron chi connectivity index (χ2n) is 7.91. The van der Waals surface area contributed by atoms with Gasteiger partial charge in [-0.3, -0.25) is 0 Å². The number of aromatic nitrogens is 1. The number of nitrogens with zero attached hydrogens (tertiary/aromatic N) is 1. The van der Waals surface area contributed by atoms with Crippen molar-refractivity contribution in [2.24, 2.45) is 5.73 Å². The summed E-state index contributed by atoms with van der Waals surface area (Å²) in [4.78, 5) is 16.5. The number of halogens is 1. The molecule has 0 aliphatic heterocycles. The molecule has 33 heavy (non-hydrogen) atoms. The van der Waals surface area contributed by atoms with Gasteiger partial charge in [-0.05, 0) is 54.8 Å². The van der Waals surface area contributed by atoms with Crippen LogP contribution >= 0.6 is 15.9 Å². The molecule has 7 heteroatoms. The first kappa shape index (κ1) is 24.7. The first-order chi connectivity index (χ1) is 15.9. The Labute approximate surface area is 203 Å². The van der Waals surface area contributed by atoms with Crippen LogP contribution in [0, 0.1) is 0 Å². The molecule has 0 aliphatic carbocycles. The zero-order valence-corrected chi connectivity index (χ0v) is 20.7. The van der Waals surface area contributed by atoms with Gasteiger partial charge < -0.3 is 19.9 Å². The smallest absolute Gasteiger partial charge is 0.338 e. The lowest BCUT2D eigenvalue weighted by Gasteiger charge is -2.15. The van der Waals surface area contributed by atoms with Gasteiger partial charge in [0.1, 0.15) is 12.4 Å². The second-order valence-corrected chi connectivity index (χ2v) is 8.47. The van der Waals surface area contributed by atoms with Crippen molar-refractivity contribution in [2.75, 3.05) is 13.7 Å². The number of rotatable bonds is 10. The molecule has 174 valence electrons. The van der Waals surface area contributed by atoms with E-state index in [9.17, 15) is 4.79 Å². The Balaban J connectivity index is 1.62. The van der Waals surface area contributed by atoms with Crippen molar-refractivity contribution >= 4 is 21.9 Å². The third-order valence-corrected chi connectivity index (χ3v) is 5.58. The lowest BCUT2D eigenvalue weighted by atomic mass is 10.0. The van der Waals surface area contributed by atoms with E-state index < -0.39 is 0 Å². The van der Waals surface area contributed by atoms with Crippen LogP contribution in [0.1, 0.15) is 52.6 Å². The molecule has 1 aromatic heterocycles. The van der Waals surface area contributed by atoms with Crippen LogP contribution in [0.25, 0.3) is 0 Å². The van der Waals surface area contributed by atoms with Crippen LogP contribution in [0.2, 0.25) is 0 Å². The summed E-state index contributed by atoms with van der Waals surface area (Å²) >= 11 is 3.44. The number of nitrogens with two attached hydrogens (primary N) is 1. The van der Waals surface area contributed by atoms with Crippen LogP contribution in [0.5, 0.6) is 11.6 Å². The van der Waals surface area contributed by atoms with E-state index in [4.69, 9.17) is 19.9 Å². The van der Waals surface area contributed by atoms with Gasteiger partial charge in [-0.1, -0.05) is 46.3 Å². The minimum atomic E-state index is -0.344. The standard InChI is InChI=1S/C26H29BrN2O4/c1-17(2)33-22-10-8-19(9-11-22)24(28)16-32-25-6-4-5-21(29-25)14-18-7-12-23(26(30)31-3)20(13-18)15-27/h4-13,17,24H,14-16,28H2,1-3H3. The molecule has 1 heterocycles. The number of pyridine rings is 1. The monoisotopic (exact) mass is 512 g/mol. The van der Waals surface area contributed by atoms with Crippen molar-refractivity contribution in [1.29, 1.82) is 0 Å². The number of benzene rings is 2.